The molecule has 2 N–H and O–H groups in total. The number of carbonyl (C=O) groups excluding carboxylic acids is 2. The Morgan fingerprint density at radius 2 is 1.60 bits per heavy atom. The van der Waals surface area contributed by atoms with Crippen molar-refractivity contribution in [3.05, 3.63) is 70.9 Å². The van der Waals surface area contributed by atoms with Crippen LogP contribution in [0.4, 0.5) is 16.3 Å². The van der Waals surface area contributed by atoms with E-state index in [2.05, 4.69) is 31.4 Å². The Hall–Kier alpha value is -3.32. The van der Waals surface area contributed by atoms with Gasteiger partial charge in [-0.3, -0.25) is 10.1 Å². The van der Waals surface area contributed by atoms with Crippen LogP contribution >= 0.6 is 11.6 Å². The van der Waals surface area contributed by atoms with Gasteiger partial charge in [0.2, 0.25) is 0 Å². The zero-order valence-electron chi connectivity index (χ0n) is 21.1. The minimum absolute atomic E-state index is 0.210. The Balaban J connectivity index is 1.84. The van der Waals surface area contributed by atoms with Gasteiger partial charge < -0.3 is 10.1 Å². The van der Waals surface area contributed by atoms with Gasteiger partial charge in [0.05, 0.1) is 23.4 Å². The highest BCUT2D eigenvalue weighted by molar-refractivity contribution is 6.30. The Kier molecular flexibility index (Phi) is 7.90. The summed E-state index contributed by atoms with van der Waals surface area (Å²) < 4.78 is 6.91. The number of nitrogens with zero attached hydrogens (tertiary/aromatic N) is 2. The van der Waals surface area contributed by atoms with Crippen molar-refractivity contribution >= 4 is 35.1 Å². The van der Waals surface area contributed by atoms with Crippen molar-refractivity contribution in [1.29, 1.82) is 0 Å². The van der Waals surface area contributed by atoms with Gasteiger partial charge in [0.25, 0.3) is 0 Å². The molecule has 35 heavy (non-hydrogen) atoms. The van der Waals surface area contributed by atoms with E-state index in [4.69, 9.17) is 21.4 Å². The molecular formula is C27H33ClN4O3. The second-order valence-corrected chi connectivity index (χ2v) is 10.5. The third-order valence-electron chi connectivity index (χ3n) is 5.48. The monoisotopic (exact) mass is 496 g/mol. The SMILES string of the molecule is CCOC(=O)C(C)(C)Cc1ccc(-n2nc(C(C)(C)C)cc2NC(=O)Nc2ccc(Cl)cc2)cc1. The van der Waals surface area contributed by atoms with Crippen molar-refractivity contribution in [2.24, 2.45) is 5.41 Å². The first-order valence-electron chi connectivity index (χ1n) is 11.6. The van der Waals surface area contributed by atoms with Crippen LogP contribution in [0.15, 0.2) is 54.6 Å². The molecule has 0 saturated heterocycles. The van der Waals surface area contributed by atoms with Gasteiger partial charge in [0.15, 0.2) is 0 Å². The predicted octanol–water partition coefficient (Wildman–Crippen LogP) is 6.60. The molecule has 186 valence electrons. The smallest absolute Gasteiger partial charge is 0.324 e. The van der Waals surface area contributed by atoms with Crippen molar-refractivity contribution in [2.45, 2.75) is 53.4 Å². The normalized spacial score (nSPS) is 11.7. The Morgan fingerprint density at radius 3 is 2.17 bits per heavy atom. The summed E-state index contributed by atoms with van der Waals surface area (Å²) in [6.07, 6.45) is 0.549. The highest BCUT2D eigenvalue weighted by atomic mass is 35.5. The van der Waals surface area contributed by atoms with E-state index in [0.29, 0.717) is 29.6 Å². The predicted molar refractivity (Wildman–Crippen MR) is 140 cm³/mol. The van der Waals surface area contributed by atoms with Crippen molar-refractivity contribution in [1.82, 2.24) is 9.78 Å². The average molecular weight is 497 g/mol. The van der Waals surface area contributed by atoms with E-state index in [1.165, 1.54) is 0 Å². The molecule has 2 aromatic carbocycles. The lowest BCUT2D eigenvalue weighted by molar-refractivity contribution is -0.153. The Labute approximate surface area is 211 Å². The van der Waals surface area contributed by atoms with Gasteiger partial charge in [-0.25, -0.2) is 9.48 Å². The maximum atomic E-state index is 12.7. The molecule has 0 unspecified atom stereocenters. The van der Waals surface area contributed by atoms with Gasteiger partial charge >= 0.3 is 12.0 Å². The molecule has 7 nitrogen and oxygen atoms in total. The molecule has 0 fully saturated rings. The summed E-state index contributed by atoms with van der Waals surface area (Å²) in [4.78, 5) is 25.0. The van der Waals surface area contributed by atoms with Crippen LogP contribution in [-0.2, 0) is 21.4 Å². The summed E-state index contributed by atoms with van der Waals surface area (Å²) >= 11 is 5.93. The van der Waals surface area contributed by atoms with Gasteiger partial charge in [-0.05, 0) is 69.2 Å². The quantitative estimate of drug-likeness (QED) is 0.361. The van der Waals surface area contributed by atoms with Crippen LogP contribution in [0.5, 0.6) is 0 Å². The fourth-order valence-electron chi connectivity index (χ4n) is 3.51. The van der Waals surface area contributed by atoms with E-state index in [1.54, 1.807) is 35.9 Å². The molecule has 2 amide bonds. The number of aromatic nitrogens is 2. The van der Waals surface area contributed by atoms with Crippen LogP contribution in [0.1, 0.15) is 52.8 Å². The number of nitrogens with one attached hydrogen (secondary N) is 2. The largest absolute Gasteiger partial charge is 0.466 e. The topological polar surface area (TPSA) is 85.2 Å². The summed E-state index contributed by atoms with van der Waals surface area (Å²) in [6.45, 7) is 12.1. The van der Waals surface area contributed by atoms with Gasteiger partial charge in [-0.1, -0.05) is 44.5 Å². The van der Waals surface area contributed by atoms with Crippen molar-refractivity contribution in [3.8, 4) is 5.69 Å². The lowest BCUT2D eigenvalue weighted by Crippen LogP contribution is -2.29. The molecule has 0 spiro atoms. The van der Waals surface area contributed by atoms with E-state index in [-0.39, 0.29) is 17.4 Å². The maximum absolute atomic E-state index is 12.7. The van der Waals surface area contributed by atoms with E-state index >= 15 is 0 Å². The highest BCUT2D eigenvalue weighted by Gasteiger charge is 2.29. The molecule has 0 aliphatic heterocycles. The van der Waals surface area contributed by atoms with Crippen LogP contribution in [0.2, 0.25) is 5.02 Å². The van der Waals surface area contributed by atoms with Crippen molar-refractivity contribution < 1.29 is 14.3 Å². The van der Waals surface area contributed by atoms with Crippen LogP contribution in [0.3, 0.4) is 0 Å². The molecule has 0 saturated carbocycles. The van der Waals surface area contributed by atoms with Crippen LogP contribution in [-0.4, -0.2) is 28.4 Å². The van der Waals surface area contributed by atoms with Gasteiger partial charge in [-0.15, -0.1) is 0 Å². The minimum atomic E-state index is -0.630. The molecular weight excluding hydrogens is 464 g/mol. The summed E-state index contributed by atoms with van der Waals surface area (Å²) in [5.41, 5.74) is 2.42. The third kappa shape index (κ3) is 6.85. The molecule has 1 heterocycles. The van der Waals surface area contributed by atoms with Crippen LogP contribution in [0.25, 0.3) is 5.69 Å². The third-order valence-corrected chi connectivity index (χ3v) is 5.73. The van der Waals surface area contributed by atoms with Crippen LogP contribution < -0.4 is 10.6 Å². The second-order valence-electron chi connectivity index (χ2n) is 10.1. The van der Waals surface area contributed by atoms with Gasteiger partial charge in [-0.2, -0.15) is 5.10 Å². The average Bonchev–Trinajstić information content (AvgIpc) is 3.20. The number of hydrogen-bond donors (Lipinski definition) is 2. The number of hydrogen-bond acceptors (Lipinski definition) is 4. The highest BCUT2D eigenvalue weighted by Crippen LogP contribution is 2.28. The lowest BCUT2D eigenvalue weighted by Gasteiger charge is -2.22. The second kappa shape index (κ2) is 10.5. The number of urea groups is 1. The molecule has 0 radical (unpaired) electrons. The number of carbonyl (C=O) groups is 2. The summed E-state index contributed by atoms with van der Waals surface area (Å²) in [6, 6.07) is 16.2. The number of anilines is 2. The molecule has 0 aliphatic carbocycles. The fourth-order valence-corrected chi connectivity index (χ4v) is 3.64. The van der Waals surface area contributed by atoms with Gasteiger partial charge in [0.1, 0.15) is 5.82 Å². The lowest BCUT2D eigenvalue weighted by atomic mass is 9.86. The number of esters is 1. The van der Waals surface area contributed by atoms with E-state index in [1.807, 2.05) is 44.2 Å². The first kappa shape index (κ1) is 26.3. The Morgan fingerprint density at radius 1 is 0.971 bits per heavy atom. The molecule has 8 heteroatoms. The molecule has 0 bridgehead atoms. The maximum Gasteiger partial charge on any atom is 0.324 e. The summed E-state index contributed by atoms with van der Waals surface area (Å²) in [5, 5.41) is 11.1. The number of amides is 2. The van der Waals surface area contributed by atoms with Crippen LogP contribution in [0, 0.1) is 5.41 Å². The van der Waals surface area contributed by atoms with E-state index in [9.17, 15) is 9.59 Å². The number of halogens is 1. The summed E-state index contributed by atoms with van der Waals surface area (Å²) in [7, 11) is 0. The first-order valence-corrected chi connectivity index (χ1v) is 12.0. The van der Waals surface area contributed by atoms with Crippen molar-refractivity contribution in [2.75, 3.05) is 17.2 Å². The number of rotatable bonds is 7. The molecule has 0 aliphatic rings. The first-order chi connectivity index (χ1) is 16.4. The zero-order valence-corrected chi connectivity index (χ0v) is 21.9. The number of ether oxygens (including phenoxy) is 1. The van der Waals surface area contributed by atoms with E-state index < -0.39 is 5.41 Å². The minimum Gasteiger partial charge on any atom is -0.466 e. The summed E-state index contributed by atoms with van der Waals surface area (Å²) in [5.74, 6) is 0.324. The zero-order chi connectivity index (χ0) is 25.8. The molecule has 1 aromatic heterocycles. The fraction of sp³-hybridized carbons (Fsp3) is 0.370. The van der Waals surface area contributed by atoms with Crippen molar-refractivity contribution in [3.63, 3.8) is 0 Å². The molecule has 3 rings (SSSR count). The van der Waals surface area contributed by atoms with E-state index in [0.717, 1.165) is 16.9 Å². The number of benzene rings is 2. The van der Waals surface area contributed by atoms with Gasteiger partial charge in [0, 0.05) is 22.2 Å². The standard InChI is InChI=1S/C27H33ClN4O3/c1-7-35-24(33)27(5,6)17-18-8-14-21(15-9-18)32-23(16-22(31-32)26(2,3)4)30-25(34)29-20-12-10-19(28)11-13-20/h8-16H,7,17H2,1-6H3,(H2,29,30,34). The Bertz CT molecular complexity index is 1180. The molecule has 0 atom stereocenters. The molecule has 3 aromatic rings.